The predicted molar refractivity (Wildman–Crippen MR) is 97.6 cm³/mol. The van der Waals surface area contributed by atoms with Crippen LogP contribution in [0.3, 0.4) is 0 Å². The number of nitrogens with zero attached hydrogens (tertiary/aromatic N) is 1. The highest BCUT2D eigenvalue weighted by Crippen LogP contribution is 2.39. The minimum atomic E-state index is -4.93. The van der Waals surface area contributed by atoms with Crippen molar-refractivity contribution in [3.63, 3.8) is 0 Å². The summed E-state index contributed by atoms with van der Waals surface area (Å²) in [4.78, 5) is 15.3. The molecule has 0 saturated carbocycles. The summed E-state index contributed by atoms with van der Waals surface area (Å²) in [6.07, 6.45) is -8.93. The number of halogens is 8. The van der Waals surface area contributed by atoms with E-state index in [0.717, 1.165) is 12.1 Å². The molecule has 0 bridgehead atoms. The van der Waals surface area contributed by atoms with Crippen LogP contribution in [0.5, 0.6) is 5.75 Å². The van der Waals surface area contributed by atoms with Gasteiger partial charge in [0.15, 0.2) is 5.69 Å². The maximum Gasteiger partial charge on any atom is 0.573 e. The van der Waals surface area contributed by atoms with E-state index in [0.29, 0.717) is 17.8 Å². The monoisotopic (exact) mass is 554 g/mol. The third-order valence-electron chi connectivity index (χ3n) is 3.10. The number of nitrogens with one attached hydrogen (secondary N) is 1. The summed E-state index contributed by atoms with van der Waals surface area (Å²) in [5, 5.41) is 2.41. The van der Waals surface area contributed by atoms with Crippen molar-refractivity contribution >= 4 is 54.8 Å². The lowest BCUT2D eigenvalue weighted by Gasteiger charge is -2.14. The molecule has 2 rings (SSSR count). The summed E-state index contributed by atoms with van der Waals surface area (Å²) < 4.78 is 80.3. The van der Waals surface area contributed by atoms with Crippen LogP contribution < -0.4 is 10.1 Å². The van der Waals surface area contributed by atoms with Gasteiger partial charge < -0.3 is 10.1 Å². The molecule has 0 aliphatic rings. The van der Waals surface area contributed by atoms with Crippen molar-refractivity contribution in [2.24, 2.45) is 0 Å². The Labute approximate surface area is 175 Å². The van der Waals surface area contributed by atoms with E-state index in [2.05, 4.69) is 46.9 Å². The van der Waals surface area contributed by atoms with E-state index in [9.17, 15) is 31.1 Å². The zero-order valence-corrected chi connectivity index (χ0v) is 17.8. The smallest absolute Gasteiger partial charge is 0.406 e. The van der Waals surface area contributed by atoms with Gasteiger partial charge in [0, 0.05) is 8.95 Å². The molecule has 1 amide bonds. The molecule has 154 valence electrons. The number of thiazole rings is 1. The Morgan fingerprint density at radius 3 is 2.21 bits per heavy atom. The lowest BCUT2D eigenvalue weighted by Crippen LogP contribution is -2.18. The summed E-state index contributed by atoms with van der Waals surface area (Å²) in [6.45, 7) is 1.76. The fourth-order valence-electron chi connectivity index (χ4n) is 2.06. The molecule has 0 spiro atoms. The van der Waals surface area contributed by atoms with Crippen molar-refractivity contribution < 1.29 is 35.9 Å². The third kappa shape index (κ3) is 5.83. The average Bonchev–Trinajstić information content (AvgIpc) is 2.94. The number of benzene rings is 1. The quantitative estimate of drug-likeness (QED) is 0.413. The first-order chi connectivity index (χ1) is 12.8. The lowest BCUT2D eigenvalue weighted by molar-refractivity contribution is -0.274. The van der Waals surface area contributed by atoms with Crippen molar-refractivity contribution in [1.29, 1.82) is 0 Å². The van der Waals surface area contributed by atoms with Gasteiger partial charge in [-0.25, -0.2) is 4.98 Å². The van der Waals surface area contributed by atoms with E-state index in [-0.39, 0.29) is 26.1 Å². The van der Waals surface area contributed by atoms with Crippen LogP contribution in [0.1, 0.15) is 33.7 Å². The van der Waals surface area contributed by atoms with Gasteiger partial charge in [0.1, 0.15) is 10.6 Å². The SMILES string of the molecule is CCCc1nc(C(F)(F)F)c(C(=O)Nc2c(Br)cc(OC(F)(F)F)cc2Br)s1. The zero-order valence-electron chi connectivity index (χ0n) is 13.8. The van der Waals surface area contributed by atoms with Gasteiger partial charge in [0.05, 0.1) is 10.7 Å². The number of hydrogen-bond acceptors (Lipinski definition) is 4. The van der Waals surface area contributed by atoms with Crippen molar-refractivity contribution in [3.8, 4) is 5.75 Å². The van der Waals surface area contributed by atoms with E-state index in [4.69, 9.17) is 0 Å². The molecule has 1 aromatic heterocycles. The Hall–Kier alpha value is -1.34. The minimum Gasteiger partial charge on any atom is -0.406 e. The second kappa shape index (κ2) is 8.57. The van der Waals surface area contributed by atoms with Gasteiger partial charge in [0.25, 0.3) is 5.91 Å². The van der Waals surface area contributed by atoms with Crippen LogP contribution in [0.25, 0.3) is 0 Å². The Morgan fingerprint density at radius 2 is 1.75 bits per heavy atom. The molecule has 0 radical (unpaired) electrons. The average molecular weight is 556 g/mol. The Balaban J connectivity index is 2.35. The fourth-order valence-corrected chi connectivity index (χ4v) is 4.49. The second-order valence-electron chi connectivity index (χ2n) is 5.30. The Morgan fingerprint density at radius 1 is 1.18 bits per heavy atom. The maximum atomic E-state index is 13.2. The van der Waals surface area contributed by atoms with Crippen LogP contribution in [0.15, 0.2) is 21.1 Å². The highest BCUT2D eigenvalue weighted by Gasteiger charge is 2.39. The van der Waals surface area contributed by atoms with Gasteiger partial charge >= 0.3 is 12.5 Å². The fraction of sp³-hybridized carbons (Fsp3) is 0.333. The first kappa shape index (κ1) is 22.9. The topological polar surface area (TPSA) is 51.2 Å². The van der Waals surface area contributed by atoms with Crippen molar-refractivity contribution in [1.82, 2.24) is 4.98 Å². The summed E-state index contributed by atoms with van der Waals surface area (Å²) in [5.74, 6) is -1.67. The molecule has 0 unspecified atom stereocenters. The number of anilines is 1. The van der Waals surface area contributed by atoms with Gasteiger partial charge in [-0.2, -0.15) is 13.2 Å². The van der Waals surface area contributed by atoms with E-state index < -0.39 is 34.8 Å². The van der Waals surface area contributed by atoms with Gasteiger partial charge in [-0.15, -0.1) is 24.5 Å². The van der Waals surface area contributed by atoms with Crippen LogP contribution in [-0.2, 0) is 12.6 Å². The molecule has 4 nitrogen and oxygen atoms in total. The summed E-state index contributed by atoms with van der Waals surface area (Å²) in [7, 11) is 0. The highest BCUT2D eigenvalue weighted by atomic mass is 79.9. The van der Waals surface area contributed by atoms with Crippen LogP contribution in [-0.4, -0.2) is 17.3 Å². The van der Waals surface area contributed by atoms with Crippen molar-refractivity contribution in [3.05, 3.63) is 36.7 Å². The van der Waals surface area contributed by atoms with Crippen molar-refractivity contribution in [2.75, 3.05) is 5.32 Å². The summed E-state index contributed by atoms with van der Waals surface area (Å²) in [6, 6.07) is 1.85. The van der Waals surface area contributed by atoms with Crippen LogP contribution >= 0.6 is 43.2 Å². The summed E-state index contributed by atoms with van der Waals surface area (Å²) >= 11 is 6.55. The van der Waals surface area contributed by atoms with Gasteiger partial charge in [-0.1, -0.05) is 6.92 Å². The number of amides is 1. The number of alkyl halides is 6. The number of aryl methyl sites for hydroxylation is 1. The molecule has 1 N–H and O–H groups in total. The highest BCUT2D eigenvalue weighted by molar-refractivity contribution is 9.11. The second-order valence-corrected chi connectivity index (χ2v) is 8.09. The van der Waals surface area contributed by atoms with Crippen molar-refractivity contribution in [2.45, 2.75) is 32.3 Å². The molecular weight excluding hydrogens is 546 g/mol. The molecular formula is C15H10Br2F6N2O2S. The Kier molecular flexibility index (Phi) is 7.03. The maximum absolute atomic E-state index is 13.2. The zero-order chi connectivity index (χ0) is 21.3. The Bertz CT molecular complexity index is 859. The molecule has 0 aliphatic carbocycles. The van der Waals surface area contributed by atoms with E-state index in [1.807, 2.05) is 0 Å². The largest absolute Gasteiger partial charge is 0.573 e. The lowest BCUT2D eigenvalue weighted by atomic mass is 10.2. The van der Waals surface area contributed by atoms with Gasteiger partial charge in [0.2, 0.25) is 0 Å². The van der Waals surface area contributed by atoms with Crippen LogP contribution in [0.2, 0.25) is 0 Å². The van der Waals surface area contributed by atoms with Gasteiger partial charge in [-0.05, 0) is 56.8 Å². The number of rotatable bonds is 5. The third-order valence-corrected chi connectivity index (χ3v) is 5.46. The minimum absolute atomic E-state index is 0.0265. The molecule has 0 saturated heterocycles. The molecule has 0 fully saturated rings. The molecule has 0 atom stereocenters. The first-order valence-corrected chi connectivity index (χ1v) is 9.85. The standard InChI is InChI=1S/C15H10Br2F6N2O2S/c1-2-3-9-24-12(14(18,19)20)11(28-9)13(26)25-10-7(16)4-6(5-8(10)17)27-15(21,22)23/h4-5H,2-3H2,1H3,(H,25,26). The molecule has 2 aromatic rings. The normalized spacial score (nSPS) is 12.2. The molecule has 0 aliphatic heterocycles. The number of hydrogen-bond donors (Lipinski definition) is 1. The van der Waals surface area contributed by atoms with E-state index >= 15 is 0 Å². The molecule has 13 heteroatoms. The van der Waals surface area contributed by atoms with Gasteiger partial charge in [-0.3, -0.25) is 4.79 Å². The number of carbonyl (C=O) groups is 1. The number of ether oxygens (including phenoxy) is 1. The van der Waals surface area contributed by atoms with E-state index in [1.165, 1.54) is 0 Å². The summed E-state index contributed by atoms with van der Waals surface area (Å²) in [5.41, 5.74) is -1.36. The van der Waals surface area contributed by atoms with Crippen LogP contribution in [0.4, 0.5) is 32.0 Å². The molecule has 1 aromatic carbocycles. The number of carbonyl (C=O) groups excluding carboxylic acids is 1. The predicted octanol–water partition coefficient (Wildman–Crippen LogP) is 6.79. The first-order valence-electron chi connectivity index (χ1n) is 7.45. The van der Waals surface area contributed by atoms with E-state index in [1.54, 1.807) is 6.92 Å². The molecule has 1 heterocycles. The van der Waals surface area contributed by atoms with Crippen LogP contribution in [0, 0.1) is 0 Å². The number of aromatic nitrogens is 1. The molecule has 28 heavy (non-hydrogen) atoms.